The SMILES string of the molecule is Cc1cc(C(=O)CN2CCNCC2Cc2c[nH]c3ccccc23)cc(C(F)(F)F)c1. The average molecular weight is 415 g/mol. The Hall–Kier alpha value is -2.64. The van der Waals surface area contributed by atoms with Crippen LogP contribution in [0.25, 0.3) is 10.9 Å². The van der Waals surface area contributed by atoms with Crippen molar-refractivity contribution in [3.05, 3.63) is 70.9 Å². The number of fused-ring (bicyclic) bond motifs is 1. The summed E-state index contributed by atoms with van der Waals surface area (Å²) in [6.45, 7) is 3.84. The number of H-pyrrole nitrogens is 1. The lowest BCUT2D eigenvalue weighted by Gasteiger charge is -2.35. The first-order chi connectivity index (χ1) is 14.3. The zero-order chi connectivity index (χ0) is 21.3. The minimum Gasteiger partial charge on any atom is -0.361 e. The van der Waals surface area contributed by atoms with Crippen molar-refractivity contribution in [2.75, 3.05) is 26.2 Å². The highest BCUT2D eigenvalue weighted by Gasteiger charge is 2.32. The predicted octanol–water partition coefficient (Wildman–Crippen LogP) is 4.19. The molecule has 4 nitrogen and oxygen atoms in total. The van der Waals surface area contributed by atoms with E-state index in [0.717, 1.165) is 42.5 Å². The van der Waals surface area contributed by atoms with Gasteiger partial charge in [0.25, 0.3) is 0 Å². The summed E-state index contributed by atoms with van der Waals surface area (Å²) in [4.78, 5) is 18.2. The number of aryl methyl sites for hydroxylation is 1. The number of hydrogen-bond acceptors (Lipinski definition) is 3. The van der Waals surface area contributed by atoms with Crippen LogP contribution in [0.4, 0.5) is 13.2 Å². The molecule has 2 aromatic carbocycles. The van der Waals surface area contributed by atoms with Crippen LogP contribution in [-0.4, -0.2) is 47.9 Å². The molecule has 1 aliphatic heterocycles. The van der Waals surface area contributed by atoms with Gasteiger partial charge in [0.15, 0.2) is 5.78 Å². The van der Waals surface area contributed by atoms with Crippen LogP contribution in [-0.2, 0) is 12.6 Å². The normalized spacial score (nSPS) is 18.1. The van der Waals surface area contributed by atoms with E-state index in [4.69, 9.17) is 0 Å². The second-order valence-corrected chi connectivity index (χ2v) is 7.90. The molecule has 158 valence electrons. The highest BCUT2D eigenvalue weighted by molar-refractivity contribution is 5.98. The van der Waals surface area contributed by atoms with Gasteiger partial charge >= 0.3 is 6.18 Å². The van der Waals surface area contributed by atoms with Crippen molar-refractivity contribution in [3.8, 4) is 0 Å². The van der Waals surface area contributed by atoms with E-state index in [0.29, 0.717) is 12.1 Å². The first kappa shape index (κ1) is 20.6. The Labute approximate surface area is 173 Å². The molecule has 1 aromatic heterocycles. The van der Waals surface area contributed by atoms with E-state index in [1.165, 1.54) is 11.6 Å². The van der Waals surface area contributed by atoms with Crippen molar-refractivity contribution in [2.24, 2.45) is 0 Å². The van der Waals surface area contributed by atoms with Gasteiger partial charge in [-0.3, -0.25) is 9.69 Å². The molecule has 1 fully saturated rings. The smallest absolute Gasteiger partial charge is 0.361 e. The Kier molecular flexibility index (Phi) is 5.66. The Morgan fingerprint density at radius 3 is 2.80 bits per heavy atom. The second-order valence-electron chi connectivity index (χ2n) is 7.90. The number of ketones is 1. The van der Waals surface area contributed by atoms with Crippen LogP contribution in [0.1, 0.15) is 27.0 Å². The first-order valence-corrected chi connectivity index (χ1v) is 10.0. The van der Waals surface area contributed by atoms with Crippen molar-refractivity contribution in [2.45, 2.75) is 25.6 Å². The Morgan fingerprint density at radius 1 is 1.20 bits per heavy atom. The van der Waals surface area contributed by atoms with Crippen molar-refractivity contribution in [1.29, 1.82) is 0 Å². The number of piperazine rings is 1. The number of carbonyl (C=O) groups excluding carboxylic acids is 1. The van der Waals surface area contributed by atoms with Crippen LogP contribution in [0.5, 0.6) is 0 Å². The Morgan fingerprint density at radius 2 is 2.00 bits per heavy atom. The molecule has 1 aliphatic rings. The molecule has 1 atom stereocenters. The van der Waals surface area contributed by atoms with Gasteiger partial charge in [0, 0.05) is 48.3 Å². The Bertz CT molecular complexity index is 1060. The third-order valence-electron chi connectivity index (χ3n) is 5.68. The topological polar surface area (TPSA) is 48.1 Å². The summed E-state index contributed by atoms with van der Waals surface area (Å²) in [6, 6.07) is 11.7. The summed E-state index contributed by atoms with van der Waals surface area (Å²) in [5.74, 6) is -0.282. The highest BCUT2D eigenvalue weighted by atomic mass is 19.4. The zero-order valence-corrected chi connectivity index (χ0v) is 16.7. The van der Waals surface area contributed by atoms with E-state index in [1.54, 1.807) is 6.92 Å². The molecule has 0 saturated carbocycles. The number of halogens is 3. The van der Waals surface area contributed by atoms with E-state index in [9.17, 15) is 18.0 Å². The molecule has 7 heteroatoms. The van der Waals surface area contributed by atoms with Gasteiger partial charge in [-0.2, -0.15) is 13.2 Å². The number of aromatic amines is 1. The maximum Gasteiger partial charge on any atom is 0.416 e. The molecule has 1 unspecified atom stereocenters. The van der Waals surface area contributed by atoms with E-state index in [1.807, 2.05) is 24.4 Å². The standard InChI is InChI=1S/C23H24F3N3O/c1-15-8-16(10-18(9-15)23(24,25)26)22(30)14-29-7-6-27-13-19(29)11-17-12-28-21-5-3-2-4-20(17)21/h2-5,8-10,12,19,27-28H,6-7,11,13-14H2,1H3. The molecule has 0 aliphatic carbocycles. The number of hydrogen-bond donors (Lipinski definition) is 2. The van der Waals surface area contributed by atoms with Crippen LogP contribution in [0.2, 0.25) is 0 Å². The Balaban J connectivity index is 1.52. The van der Waals surface area contributed by atoms with Crippen LogP contribution < -0.4 is 5.32 Å². The second kappa shape index (κ2) is 8.24. The molecule has 2 heterocycles. The molecule has 0 bridgehead atoms. The molecule has 1 saturated heterocycles. The lowest BCUT2D eigenvalue weighted by Crippen LogP contribution is -2.53. The van der Waals surface area contributed by atoms with Crippen LogP contribution >= 0.6 is 0 Å². The summed E-state index contributed by atoms with van der Waals surface area (Å²) in [7, 11) is 0. The molecule has 0 amide bonds. The maximum atomic E-state index is 13.1. The minimum atomic E-state index is -4.46. The van der Waals surface area contributed by atoms with Gasteiger partial charge in [0.05, 0.1) is 12.1 Å². The molecule has 4 rings (SSSR count). The third-order valence-corrected chi connectivity index (χ3v) is 5.68. The maximum absolute atomic E-state index is 13.1. The predicted molar refractivity (Wildman–Crippen MR) is 111 cm³/mol. The lowest BCUT2D eigenvalue weighted by atomic mass is 9.99. The number of carbonyl (C=O) groups is 1. The van der Waals surface area contributed by atoms with E-state index >= 15 is 0 Å². The summed E-state index contributed by atoms with van der Waals surface area (Å²) in [6.07, 6.45) is -1.71. The van der Waals surface area contributed by atoms with Crippen molar-refractivity contribution in [1.82, 2.24) is 15.2 Å². The summed E-state index contributed by atoms with van der Waals surface area (Å²) in [5.41, 5.74) is 2.02. The highest BCUT2D eigenvalue weighted by Crippen LogP contribution is 2.31. The van der Waals surface area contributed by atoms with Gasteiger partial charge in [-0.15, -0.1) is 0 Å². The number of nitrogens with one attached hydrogen (secondary N) is 2. The van der Waals surface area contributed by atoms with Gasteiger partial charge in [-0.25, -0.2) is 0 Å². The average Bonchev–Trinajstić information content (AvgIpc) is 3.11. The van der Waals surface area contributed by atoms with E-state index in [-0.39, 0.29) is 23.9 Å². The summed E-state index contributed by atoms with van der Waals surface area (Å²) >= 11 is 0. The number of Topliss-reactive ketones (excluding diaryl/α,β-unsaturated/α-hetero) is 1. The van der Waals surface area contributed by atoms with E-state index < -0.39 is 11.7 Å². The fourth-order valence-electron chi connectivity index (χ4n) is 4.15. The van der Waals surface area contributed by atoms with Gasteiger partial charge in [-0.05, 0) is 48.7 Å². The third kappa shape index (κ3) is 4.42. The molecular formula is C23H24F3N3O. The molecule has 0 spiro atoms. The van der Waals surface area contributed by atoms with Crippen LogP contribution in [0.15, 0.2) is 48.7 Å². The fraction of sp³-hybridized carbons (Fsp3) is 0.348. The van der Waals surface area contributed by atoms with Crippen molar-refractivity contribution >= 4 is 16.7 Å². The first-order valence-electron chi connectivity index (χ1n) is 10.0. The van der Waals surface area contributed by atoms with Gasteiger partial charge in [0.1, 0.15) is 0 Å². The number of alkyl halides is 3. The molecule has 2 N–H and O–H groups in total. The van der Waals surface area contributed by atoms with Gasteiger partial charge in [0.2, 0.25) is 0 Å². The number of benzene rings is 2. The van der Waals surface area contributed by atoms with Gasteiger partial charge in [-0.1, -0.05) is 18.2 Å². The van der Waals surface area contributed by atoms with E-state index in [2.05, 4.69) is 21.3 Å². The fourth-order valence-corrected chi connectivity index (χ4v) is 4.15. The molecule has 30 heavy (non-hydrogen) atoms. The van der Waals surface area contributed by atoms with Crippen LogP contribution in [0.3, 0.4) is 0 Å². The largest absolute Gasteiger partial charge is 0.416 e. The van der Waals surface area contributed by atoms with Crippen molar-refractivity contribution < 1.29 is 18.0 Å². The number of rotatable bonds is 5. The number of nitrogens with zero attached hydrogens (tertiary/aromatic N) is 1. The summed E-state index contributed by atoms with van der Waals surface area (Å²) in [5, 5.41) is 4.52. The molecular weight excluding hydrogens is 391 g/mol. The van der Waals surface area contributed by atoms with Gasteiger partial charge < -0.3 is 10.3 Å². The lowest BCUT2D eigenvalue weighted by molar-refractivity contribution is -0.137. The summed E-state index contributed by atoms with van der Waals surface area (Å²) < 4.78 is 39.4. The molecule has 3 aromatic rings. The number of para-hydroxylation sites is 1. The quantitative estimate of drug-likeness (QED) is 0.615. The minimum absolute atomic E-state index is 0.0915. The molecule has 0 radical (unpaired) electrons. The zero-order valence-electron chi connectivity index (χ0n) is 16.7. The number of aromatic nitrogens is 1. The van der Waals surface area contributed by atoms with Crippen LogP contribution in [0, 0.1) is 6.92 Å². The monoisotopic (exact) mass is 415 g/mol. The van der Waals surface area contributed by atoms with Crippen molar-refractivity contribution in [3.63, 3.8) is 0 Å².